The molecule has 0 spiro atoms. The molecule has 3 nitrogen and oxygen atoms in total. The lowest BCUT2D eigenvalue weighted by Crippen LogP contribution is -2.19. The Balaban J connectivity index is 2.00. The number of allylic oxidation sites excluding steroid dienone is 2. The van der Waals surface area contributed by atoms with E-state index in [2.05, 4.69) is 4.74 Å². The summed E-state index contributed by atoms with van der Waals surface area (Å²) in [5.74, 6) is -0.555. The van der Waals surface area contributed by atoms with Crippen molar-refractivity contribution in [3.63, 3.8) is 0 Å². The minimum Gasteiger partial charge on any atom is -0.466 e. The van der Waals surface area contributed by atoms with E-state index in [0.717, 1.165) is 11.1 Å². The van der Waals surface area contributed by atoms with Gasteiger partial charge >= 0.3 is 12.3 Å². The molecule has 22 heavy (non-hydrogen) atoms. The quantitative estimate of drug-likeness (QED) is 0.776. The monoisotopic (exact) mass is 314 g/mol. The molecule has 0 fully saturated rings. The second kappa shape index (κ2) is 6.85. The van der Waals surface area contributed by atoms with Crippen molar-refractivity contribution in [3.8, 4) is 5.75 Å². The molecule has 1 aliphatic rings. The molecular formula is C16H17F3O3. The van der Waals surface area contributed by atoms with Gasteiger partial charge in [0.05, 0.1) is 12.5 Å². The van der Waals surface area contributed by atoms with Crippen LogP contribution in [0.25, 0.3) is 5.57 Å². The zero-order valence-corrected chi connectivity index (χ0v) is 12.2. The standard InChI is InChI=1S/C16H17F3O3/c1-2-21-15(20)13-5-3-11(4-6-13)12-7-9-14(10-8-12)22-16(17,18)19/h3,7-10,13H,2,4-6H2,1H3. The zero-order valence-electron chi connectivity index (χ0n) is 12.2. The Hall–Kier alpha value is -1.98. The van der Waals surface area contributed by atoms with Crippen LogP contribution in [0.3, 0.4) is 0 Å². The lowest BCUT2D eigenvalue weighted by atomic mass is 9.86. The van der Waals surface area contributed by atoms with Crippen LogP contribution in [0.2, 0.25) is 0 Å². The minimum absolute atomic E-state index is 0.128. The number of halogens is 3. The molecule has 1 aliphatic carbocycles. The van der Waals surface area contributed by atoms with E-state index in [4.69, 9.17) is 4.74 Å². The van der Waals surface area contributed by atoms with Gasteiger partial charge in [0.15, 0.2) is 0 Å². The Morgan fingerprint density at radius 2 is 1.95 bits per heavy atom. The van der Waals surface area contributed by atoms with Crippen LogP contribution in [0, 0.1) is 5.92 Å². The normalized spacial score (nSPS) is 18.5. The summed E-state index contributed by atoms with van der Waals surface area (Å²) in [5, 5.41) is 0. The second-order valence-corrected chi connectivity index (χ2v) is 5.02. The fourth-order valence-electron chi connectivity index (χ4n) is 2.44. The average Bonchev–Trinajstić information content (AvgIpc) is 2.47. The molecule has 0 amide bonds. The summed E-state index contributed by atoms with van der Waals surface area (Å²) in [5.41, 5.74) is 1.87. The Labute approximate surface area is 126 Å². The van der Waals surface area contributed by atoms with Crippen molar-refractivity contribution in [1.82, 2.24) is 0 Å². The number of carbonyl (C=O) groups is 1. The fourth-order valence-corrected chi connectivity index (χ4v) is 2.44. The van der Waals surface area contributed by atoms with Crippen molar-refractivity contribution in [2.45, 2.75) is 32.5 Å². The molecule has 0 saturated carbocycles. The van der Waals surface area contributed by atoms with E-state index in [9.17, 15) is 18.0 Å². The first-order valence-corrected chi connectivity index (χ1v) is 7.11. The first-order chi connectivity index (χ1) is 10.4. The number of benzene rings is 1. The number of hydrogen-bond acceptors (Lipinski definition) is 3. The highest BCUT2D eigenvalue weighted by atomic mass is 19.4. The predicted octanol–water partition coefficient (Wildman–Crippen LogP) is 4.33. The lowest BCUT2D eigenvalue weighted by molar-refractivity contribution is -0.274. The molecule has 1 atom stereocenters. The summed E-state index contributed by atoms with van der Waals surface area (Å²) in [7, 11) is 0. The topological polar surface area (TPSA) is 35.5 Å². The van der Waals surface area contributed by atoms with Crippen molar-refractivity contribution in [2.24, 2.45) is 5.92 Å². The van der Waals surface area contributed by atoms with E-state index in [1.165, 1.54) is 12.1 Å². The molecule has 1 unspecified atom stereocenters. The van der Waals surface area contributed by atoms with Gasteiger partial charge in [0.25, 0.3) is 0 Å². The summed E-state index contributed by atoms with van der Waals surface area (Å²) >= 11 is 0. The number of hydrogen-bond donors (Lipinski definition) is 0. The molecule has 0 aromatic heterocycles. The van der Waals surface area contributed by atoms with Crippen molar-refractivity contribution < 1.29 is 27.4 Å². The van der Waals surface area contributed by atoms with E-state index in [0.29, 0.717) is 25.9 Å². The van der Waals surface area contributed by atoms with Gasteiger partial charge in [-0.05, 0) is 49.5 Å². The molecule has 0 bridgehead atoms. The van der Waals surface area contributed by atoms with Crippen LogP contribution in [0.1, 0.15) is 31.7 Å². The molecule has 1 aromatic carbocycles. The second-order valence-electron chi connectivity index (χ2n) is 5.02. The summed E-state index contributed by atoms with van der Waals surface area (Å²) in [6.45, 7) is 2.14. The van der Waals surface area contributed by atoms with E-state index < -0.39 is 6.36 Å². The summed E-state index contributed by atoms with van der Waals surface area (Å²) in [6, 6.07) is 5.78. The fraction of sp³-hybridized carbons (Fsp3) is 0.438. The molecule has 0 radical (unpaired) electrons. The van der Waals surface area contributed by atoms with Crippen molar-refractivity contribution in [3.05, 3.63) is 35.9 Å². The highest BCUT2D eigenvalue weighted by Gasteiger charge is 2.31. The number of rotatable bonds is 4. The van der Waals surface area contributed by atoms with Crippen molar-refractivity contribution >= 4 is 11.5 Å². The Bertz CT molecular complexity index is 547. The van der Waals surface area contributed by atoms with E-state index in [1.807, 2.05) is 6.08 Å². The van der Waals surface area contributed by atoms with Gasteiger partial charge in [0, 0.05) is 0 Å². The van der Waals surface area contributed by atoms with E-state index in [-0.39, 0.29) is 17.6 Å². The third kappa shape index (κ3) is 4.51. The van der Waals surface area contributed by atoms with Crippen LogP contribution in [-0.2, 0) is 9.53 Å². The molecule has 0 saturated heterocycles. The first-order valence-electron chi connectivity index (χ1n) is 7.11. The van der Waals surface area contributed by atoms with Gasteiger partial charge in [-0.3, -0.25) is 4.79 Å². The Morgan fingerprint density at radius 3 is 2.45 bits per heavy atom. The van der Waals surface area contributed by atoms with Crippen LogP contribution < -0.4 is 4.74 Å². The smallest absolute Gasteiger partial charge is 0.466 e. The van der Waals surface area contributed by atoms with Crippen LogP contribution in [0.4, 0.5) is 13.2 Å². The van der Waals surface area contributed by atoms with E-state index >= 15 is 0 Å². The van der Waals surface area contributed by atoms with E-state index in [1.54, 1.807) is 19.1 Å². The summed E-state index contributed by atoms with van der Waals surface area (Å²) < 4.78 is 45.1. The van der Waals surface area contributed by atoms with Crippen LogP contribution in [-0.4, -0.2) is 18.9 Å². The van der Waals surface area contributed by atoms with Crippen LogP contribution in [0.5, 0.6) is 5.75 Å². The van der Waals surface area contributed by atoms with Gasteiger partial charge < -0.3 is 9.47 Å². The SMILES string of the molecule is CCOC(=O)C1CC=C(c2ccc(OC(F)(F)F)cc2)CC1. The molecule has 6 heteroatoms. The van der Waals surface area contributed by atoms with Gasteiger partial charge in [-0.15, -0.1) is 13.2 Å². The lowest BCUT2D eigenvalue weighted by Gasteiger charge is -2.20. The molecule has 1 aromatic rings. The largest absolute Gasteiger partial charge is 0.573 e. The number of carbonyl (C=O) groups excluding carboxylic acids is 1. The van der Waals surface area contributed by atoms with Crippen molar-refractivity contribution in [1.29, 1.82) is 0 Å². The summed E-state index contributed by atoms with van der Waals surface area (Å²) in [6.07, 6.45) is -0.757. The summed E-state index contributed by atoms with van der Waals surface area (Å²) in [4.78, 5) is 11.6. The molecular weight excluding hydrogens is 297 g/mol. The predicted molar refractivity (Wildman–Crippen MR) is 75.1 cm³/mol. The molecule has 0 heterocycles. The Kier molecular flexibility index (Phi) is 5.11. The van der Waals surface area contributed by atoms with Crippen LogP contribution >= 0.6 is 0 Å². The number of ether oxygens (including phenoxy) is 2. The first kappa shape index (κ1) is 16.4. The maximum Gasteiger partial charge on any atom is 0.573 e. The molecule has 120 valence electrons. The third-order valence-electron chi connectivity index (χ3n) is 3.49. The molecule has 2 rings (SSSR count). The van der Waals surface area contributed by atoms with Crippen molar-refractivity contribution in [2.75, 3.05) is 6.61 Å². The Morgan fingerprint density at radius 1 is 1.27 bits per heavy atom. The van der Waals surface area contributed by atoms with Gasteiger partial charge in [0.1, 0.15) is 5.75 Å². The highest BCUT2D eigenvalue weighted by molar-refractivity contribution is 5.75. The minimum atomic E-state index is -4.68. The molecule has 0 aliphatic heterocycles. The van der Waals surface area contributed by atoms with Gasteiger partial charge in [-0.1, -0.05) is 18.2 Å². The molecule has 0 N–H and O–H groups in total. The highest BCUT2D eigenvalue weighted by Crippen LogP contribution is 2.32. The van der Waals surface area contributed by atoms with Gasteiger partial charge in [-0.2, -0.15) is 0 Å². The van der Waals surface area contributed by atoms with Gasteiger partial charge in [-0.25, -0.2) is 0 Å². The van der Waals surface area contributed by atoms with Gasteiger partial charge in [0.2, 0.25) is 0 Å². The maximum atomic E-state index is 12.1. The number of esters is 1. The maximum absolute atomic E-state index is 12.1. The zero-order chi connectivity index (χ0) is 16.2. The average molecular weight is 314 g/mol. The third-order valence-corrected chi connectivity index (χ3v) is 3.49. The van der Waals surface area contributed by atoms with Crippen LogP contribution in [0.15, 0.2) is 30.3 Å². The number of alkyl halides is 3.